The maximum Gasteiger partial charge on any atom is 0.142 e. The van der Waals surface area contributed by atoms with Crippen LogP contribution in [0.15, 0.2) is 60.7 Å². The maximum absolute atomic E-state index is 14.1. The minimum atomic E-state index is -0.641. The van der Waals surface area contributed by atoms with Crippen LogP contribution in [-0.4, -0.2) is 0 Å². The summed E-state index contributed by atoms with van der Waals surface area (Å²) >= 11 is 0. The Morgan fingerprint density at radius 2 is 1.46 bits per heavy atom. The third kappa shape index (κ3) is 4.15. The number of rotatable bonds is 3. The second kappa shape index (κ2) is 7.93. The summed E-state index contributed by atoms with van der Waals surface area (Å²) in [6.07, 6.45) is 1.45. The molecule has 0 aliphatic heterocycles. The van der Waals surface area contributed by atoms with Crippen LogP contribution in [0.3, 0.4) is 0 Å². The van der Waals surface area contributed by atoms with Gasteiger partial charge in [0.1, 0.15) is 17.5 Å². The molecule has 3 aromatic rings. The lowest BCUT2D eigenvalue weighted by Crippen LogP contribution is -1.94. The van der Waals surface area contributed by atoms with Gasteiger partial charge < -0.3 is 0 Å². The van der Waals surface area contributed by atoms with Crippen LogP contribution in [0, 0.1) is 29.3 Å². The zero-order chi connectivity index (χ0) is 18.5. The lowest BCUT2D eigenvalue weighted by atomic mass is 10.0. The molecule has 26 heavy (non-hydrogen) atoms. The Morgan fingerprint density at radius 3 is 2.08 bits per heavy atom. The molecule has 0 aliphatic carbocycles. The fourth-order valence-electron chi connectivity index (χ4n) is 2.73. The van der Waals surface area contributed by atoms with Crippen LogP contribution in [0.2, 0.25) is 0 Å². The molecule has 0 heterocycles. The molecular formula is C23H17F3. The topological polar surface area (TPSA) is 0 Å². The van der Waals surface area contributed by atoms with Gasteiger partial charge in [-0.15, -0.1) is 0 Å². The van der Waals surface area contributed by atoms with E-state index in [1.165, 1.54) is 24.3 Å². The van der Waals surface area contributed by atoms with E-state index in [9.17, 15) is 13.2 Å². The minimum absolute atomic E-state index is 0.223. The van der Waals surface area contributed by atoms with Crippen LogP contribution in [0.4, 0.5) is 13.2 Å². The zero-order valence-corrected chi connectivity index (χ0v) is 14.3. The van der Waals surface area contributed by atoms with Gasteiger partial charge in [0.15, 0.2) is 0 Å². The van der Waals surface area contributed by atoms with Crippen molar-refractivity contribution in [2.24, 2.45) is 0 Å². The Labute approximate surface area is 151 Å². The van der Waals surface area contributed by atoms with Crippen molar-refractivity contribution in [3.8, 4) is 23.0 Å². The third-order valence-electron chi connectivity index (χ3n) is 4.02. The fourth-order valence-corrected chi connectivity index (χ4v) is 2.73. The number of halogens is 3. The molecule has 3 heteroatoms. The molecule has 0 aliphatic rings. The van der Waals surface area contributed by atoms with Gasteiger partial charge in [-0.3, -0.25) is 0 Å². The van der Waals surface area contributed by atoms with Crippen molar-refractivity contribution in [1.29, 1.82) is 0 Å². The van der Waals surface area contributed by atoms with Gasteiger partial charge in [0.25, 0.3) is 0 Å². The predicted molar refractivity (Wildman–Crippen MR) is 98.2 cm³/mol. The summed E-state index contributed by atoms with van der Waals surface area (Å²) < 4.78 is 41.5. The fraction of sp³-hybridized carbons (Fsp3) is 0.130. The van der Waals surface area contributed by atoms with Crippen LogP contribution in [0.1, 0.15) is 30.0 Å². The molecule has 0 fully saturated rings. The predicted octanol–water partition coefficient (Wildman–Crippen LogP) is 6.12. The van der Waals surface area contributed by atoms with Crippen LogP contribution in [-0.2, 0) is 6.42 Å². The molecule has 0 saturated heterocycles. The highest BCUT2D eigenvalue weighted by atomic mass is 19.1. The average molecular weight is 350 g/mol. The second-order valence-corrected chi connectivity index (χ2v) is 6.02. The van der Waals surface area contributed by atoms with E-state index in [4.69, 9.17) is 0 Å². The summed E-state index contributed by atoms with van der Waals surface area (Å²) in [6, 6.07) is 16.1. The average Bonchev–Trinajstić information content (AvgIpc) is 2.62. The van der Waals surface area contributed by atoms with Gasteiger partial charge in [0.2, 0.25) is 0 Å². The monoisotopic (exact) mass is 350 g/mol. The smallest absolute Gasteiger partial charge is 0.142 e. The SMILES string of the molecule is CCCc1cc(F)c(C#Cc2ccc(-c3cccc(F)c3)cc2)c(F)c1. The standard InChI is InChI=1S/C23H17F3/c1-2-4-17-13-22(25)21(23(26)14-17)12-9-16-7-10-18(11-8-16)19-5-3-6-20(24)15-19/h3,5-8,10-11,13-15H,2,4H2,1H3. The first-order valence-corrected chi connectivity index (χ1v) is 8.43. The van der Waals surface area contributed by atoms with Gasteiger partial charge in [-0.1, -0.05) is 49.5 Å². The molecule has 0 aromatic heterocycles. The third-order valence-corrected chi connectivity index (χ3v) is 4.02. The molecule has 0 bridgehead atoms. The number of hydrogen-bond acceptors (Lipinski definition) is 0. The summed E-state index contributed by atoms with van der Waals surface area (Å²) in [5, 5.41) is 0. The maximum atomic E-state index is 14.1. The molecule has 0 atom stereocenters. The lowest BCUT2D eigenvalue weighted by Gasteiger charge is -2.03. The van der Waals surface area contributed by atoms with E-state index in [1.807, 2.05) is 13.0 Å². The molecule has 130 valence electrons. The van der Waals surface area contributed by atoms with Gasteiger partial charge in [0.05, 0.1) is 5.56 Å². The molecule has 3 aromatic carbocycles. The van der Waals surface area contributed by atoms with E-state index in [0.29, 0.717) is 17.5 Å². The van der Waals surface area contributed by atoms with E-state index < -0.39 is 11.6 Å². The van der Waals surface area contributed by atoms with Crippen molar-refractivity contribution in [2.75, 3.05) is 0 Å². The van der Waals surface area contributed by atoms with E-state index in [2.05, 4.69) is 11.8 Å². The van der Waals surface area contributed by atoms with E-state index >= 15 is 0 Å². The largest absolute Gasteiger partial charge is 0.207 e. The summed E-state index contributed by atoms with van der Waals surface area (Å²) in [4.78, 5) is 0. The highest BCUT2D eigenvalue weighted by molar-refractivity contribution is 5.64. The molecular weight excluding hydrogens is 333 g/mol. The molecule has 0 radical (unpaired) electrons. The first-order chi connectivity index (χ1) is 12.6. The Balaban J connectivity index is 1.85. The molecule has 0 saturated carbocycles. The first-order valence-electron chi connectivity index (χ1n) is 8.43. The molecule has 0 N–H and O–H groups in total. The summed E-state index contributed by atoms with van der Waals surface area (Å²) in [6.45, 7) is 1.96. The Bertz CT molecular complexity index is 953. The molecule has 0 unspecified atom stereocenters. The van der Waals surface area contributed by atoms with E-state index in [1.54, 1.807) is 30.3 Å². The molecule has 0 spiro atoms. The van der Waals surface area contributed by atoms with Crippen molar-refractivity contribution in [2.45, 2.75) is 19.8 Å². The first kappa shape index (κ1) is 17.8. The minimum Gasteiger partial charge on any atom is -0.207 e. The number of hydrogen-bond donors (Lipinski definition) is 0. The second-order valence-electron chi connectivity index (χ2n) is 6.02. The summed E-state index contributed by atoms with van der Waals surface area (Å²) in [5.41, 5.74) is 2.64. The van der Waals surface area contributed by atoms with Crippen LogP contribution < -0.4 is 0 Å². The normalized spacial score (nSPS) is 10.3. The number of aryl methyl sites for hydroxylation is 1. The van der Waals surface area contributed by atoms with E-state index in [-0.39, 0.29) is 11.4 Å². The quantitative estimate of drug-likeness (QED) is 0.499. The Morgan fingerprint density at radius 1 is 0.769 bits per heavy atom. The lowest BCUT2D eigenvalue weighted by molar-refractivity contribution is 0.573. The summed E-state index contributed by atoms with van der Waals surface area (Å²) in [5.74, 6) is 3.77. The Kier molecular flexibility index (Phi) is 5.43. The Hall–Kier alpha value is -2.99. The molecule has 3 rings (SSSR count). The molecule has 0 nitrogen and oxygen atoms in total. The van der Waals surface area contributed by atoms with Crippen LogP contribution in [0.25, 0.3) is 11.1 Å². The van der Waals surface area contributed by atoms with Gasteiger partial charge in [0, 0.05) is 5.56 Å². The van der Waals surface area contributed by atoms with Gasteiger partial charge >= 0.3 is 0 Å². The van der Waals surface area contributed by atoms with Crippen molar-refractivity contribution in [3.05, 3.63) is 94.8 Å². The van der Waals surface area contributed by atoms with Crippen molar-refractivity contribution < 1.29 is 13.2 Å². The highest BCUT2D eigenvalue weighted by Crippen LogP contribution is 2.21. The van der Waals surface area contributed by atoms with E-state index in [0.717, 1.165) is 17.5 Å². The van der Waals surface area contributed by atoms with Crippen LogP contribution in [0.5, 0.6) is 0 Å². The van der Waals surface area contributed by atoms with Crippen LogP contribution >= 0.6 is 0 Å². The summed E-state index contributed by atoms with van der Waals surface area (Å²) in [7, 11) is 0. The number of benzene rings is 3. The zero-order valence-electron chi connectivity index (χ0n) is 14.3. The van der Waals surface area contributed by atoms with Gasteiger partial charge in [-0.25, -0.2) is 13.2 Å². The van der Waals surface area contributed by atoms with Crippen molar-refractivity contribution >= 4 is 0 Å². The highest BCUT2D eigenvalue weighted by Gasteiger charge is 2.08. The van der Waals surface area contributed by atoms with Gasteiger partial charge in [-0.2, -0.15) is 0 Å². The van der Waals surface area contributed by atoms with Gasteiger partial charge in [-0.05, 0) is 59.5 Å². The molecule has 0 amide bonds. The van der Waals surface area contributed by atoms with Crippen molar-refractivity contribution in [1.82, 2.24) is 0 Å². The van der Waals surface area contributed by atoms with Crippen molar-refractivity contribution in [3.63, 3.8) is 0 Å².